The number of hydrogen-bond acceptors (Lipinski definition) is 4. The van der Waals surface area contributed by atoms with Crippen LogP contribution in [0.2, 0.25) is 0 Å². The normalized spacial score (nSPS) is 11.7. The van der Waals surface area contributed by atoms with Gasteiger partial charge in [-0.3, -0.25) is 4.98 Å². The van der Waals surface area contributed by atoms with Crippen LogP contribution in [0.3, 0.4) is 0 Å². The van der Waals surface area contributed by atoms with Crippen molar-refractivity contribution in [3.05, 3.63) is 187 Å². The van der Waals surface area contributed by atoms with E-state index in [0.717, 1.165) is 94.2 Å². The number of phenolic OH excluding ortho intramolecular Hbond substituents is 1. The minimum absolute atomic E-state index is 0. The zero-order chi connectivity index (χ0) is 40.1. The first-order valence-corrected chi connectivity index (χ1v) is 20.1. The van der Waals surface area contributed by atoms with Crippen molar-refractivity contribution < 1.29 is 30.6 Å². The molecule has 0 radical (unpaired) electrons. The molecule has 0 atom stereocenters. The summed E-state index contributed by atoms with van der Waals surface area (Å²) in [5.74, 6) is 0.189. The molecular formula is C54H35N4O2Pt-. The van der Waals surface area contributed by atoms with E-state index in [1.807, 2.05) is 54.6 Å². The Bertz CT molecular complexity index is 3680. The number of aromatic hydroxyl groups is 1. The topological polar surface area (TPSA) is 69.0 Å². The van der Waals surface area contributed by atoms with Crippen molar-refractivity contribution in [2.75, 3.05) is 0 Å². The van der Waals surface area contributed by atoms with Gasteiger partial charge in [0.15, 0.2) is 0 Å². The van der Waals surface area contributed by atoms with Gasteiger partial charge in [-0.05, 0) is 127 Å². The number of hydrogen-bond donors (Lipinski definition) is 1. The molecule has 61 heavy (non-hydrogen) atoms. The molecule has 1 N–H and O–H groups in total. The van der Waals surface area contributed by atoms with E-state index in [1.54, 1.807) is 6.07 Å². The molecule has 0 aliphatic heterocycles. The number of pyridine rings is 2. The fraction of sp³-hybridized carbons (Fsp3) is 0.0370. The summed E-state index contributed by atoms with van der Waals surface area (Å²) in [6, 6.07) is 61.5. The molecular weight excluding hydrogens is 932 g/mol. The first-order valence-electron chi connectivity index (χ1n) is 20.1. The number of aryl methyl sites for hydroxylation is 2. The van der Waals surface area contributed by atoms with Crippen molar-refractivity contribution in [2.45, 2.75) is 13.8 Å². The second-order valence-corrected chi connectivity index (χ2v) is 15.6. The molecule has 0 spiro atoms. The molecule has 0 bridgehead atoms. The van der Waals surface area contributed by atoms with Crippen molar-refractivity contribution in [2.24, 2.45) is 0 Å². The first-order chi connectivity index (χ1) is 29.5. The molecule has 6 nitrogen and oxygen atoms in total. The fourth-order valence-electron chi connectivity index (χ4n) is 9.27. The molecule has 0 aliphatic rings. The van der Waals surface area contributed by atoms with Crippen molar-refractivity contribution in [3.63, 3.8) is 0 Å². The van der Waals surface area contributed by atoms with Gasteiger partial charge in [0, 0.05) is 59.5 Å². The Morgan fingerprint density at radius 3 is 1.85 bits per heavy atom. The summed E-state index contributed by atoms with van der Waals surface area (Å²) in [6.07, 6.45) is 0. The third-order valence-corrected chi connectivity index (χ3v) is 11.9. The summed E-state index contributed by atoms with van der Waals surface area (Å²) >= 11 is 0. The largest absolute Gasteiger partial charge is 0.507 e. The van der Waals surface area contributed by atoms with E-state index in [0.29, 0.717) is 11.3 Å². The minimum Gasteiger partial charge on any atom is -0.507 e. The maximum absolute atomic E-state index is 10.9. The van der Waals surface area contributed by atoms with Crippen LogP contribution in [0.15, 0.2) is 174 Å². The van der Waals surface area contributed by atoms with Crippen molar-refractivity contribution in [3.8, 4) is 50.8 Å². The molecule has 5 heterocycles. The van der Waals surface area contributed by atoms with Gasteiger partial charge in [-0.25, -0.2) is 4.98 Å². The molecule has 0 amide bonds. The molecule has 0 saturated carbocycles. The summed E-state index contributed by atoms with van der Waals surface area (Å²) < 4.78 is 11.0. The number of benzene rings is 7. The number of para-hydroxylation sites is 2. The van der Waals surface area contributed by atoms with Crippen LogP contribution in [0.1, 0.15) is 11.1 Å². The summed E-state index contributed by atoms with van der Waals surface area (Å²) in [7, 11) is 0. The SMILES string of the molecule is Cc1cc(C)c2c(c1)oc1cc(-c3ccc(-n4c5ccc(-c6[c-]cccc6)nc5c5c6c7nc(-c8ccccc8O)ccc7n(-c7ccccc7)c6ccc54)cc3)ccc12.[Pt]. The molecule has 12 aromatic rings. The Morgan fingerprint density at radius 1 is 0.525 bits per heavy atom. The average molecular weight is 967 g/mol. The molecule has 7 aromatic carbocycles. The second-order valence-electron chi connectivity index (χ2n) is 15.6. The predicted molar refractivity (Wildman–Crippen MR) is 244 cm³/mol. The van der Waals surface area contributed by atoms with Gasteiger partial charge < -0.3 is 18.7 Å². The van der Waals surface area contributed by atoms with E-state index < -0.39 is 0 Å². The van der Waals surface area contributed by atoms with Crippen LogP contribution in [0.5, 0.6) is 5.75 Å². The standard InChI is InChI=1S/C54H35N4O2.Pt/c1-32-29-33(2)50-40-22-19-36(31-48(40)60-49(50)30-32)34-17-20-38(21-18-34)58-44-28-27-43-52(51(44)53-45(58)25-23-41(55-53)35-11-5-3-6-12-35)54-46(57(43)37-13-7-4-8-14-37)26-24-42(56-54)39-15-9-10-16-47(39)59;/h3-11,13-31,59H,1-2H3;/q-1;. The molecule has 294 valence electrons. The molecule has 0 fully saturated rings. The van der Waals surface area contributed by atoms with Crippen LogP contribution in [-0.4, -0.2) is 24.2 Å². The van der Waals surface area contributed by atoms with Gasteiger partial charge in [0.05, 0.1) is 38.8 Å². The van der Waals surface area contributed by atoms with Gasteiger partial charge in [0.1, 0.15) is 16.9 Å². The molecule has 7 heteroatoms. The Kier molecular flexibility index (Phi) is 8.55. The van der Waals surface area contributed by atoms with E-state index in [1.165, 1.54) is 16.5 Å². The number of phenols is 1. The van der Waals surface area contributed by atoms with Crippen molar-refractivity contribution in [1.29, 1.82) is 0 Å². The minimum atomic E-state index is 0. The Balaban J connectivity index is 0.00000420. The summed E-state index contributed by atoms with van der Waals surface area (Å²) in [4.78, 5) is 10.8. The van der Waals surface area contributed by atoms with Gasteiger partial charge in [-0.2, -0.15) is 0 Å². The number of rotatable bonds is 5. The van der Waals surface area contributed by atoms with Gasteiger partial charge in [-0.15, -0.1) is 35.9 Å². The molecule has 0 aliphatic carbocycles. The van der Waals surface area contributed by atoms with Crippen molar-refractivity contribution >= 4 is 65.8 Å². The fourth-order valence-corrected chi connectivity index (χ4v) is 9.27. The van der Waals surface area contributed by atoms with Crippen LogP contribution in [0.25, 0.3) is 111 Å². The molecule has 0 unspecified atom stereocenters. The Hall–Kier alpha value is -7.27. The van der Waals surface area contributed by atoms with E-state index in [9.17, 15) is 5.11 Å². The summed E-state index contributed by atoms with van der Waals surface area (Å²) in [5.41, 5.74) is 17.3. The van der Waals surface area contributed by atoms with Crippen molar-refractivity contribution in [1.82, 2.24) is 19.1 Å². The first kappa shape index (κ1) is 36.8. The Morgan fingerprint density at radius 2 is 1.15 bits per heavy atom. The predicted octanol–water partition coefficient (Wildman–Crippen LogP) is 13.7. The number of fused-ring (bicyclic) bond motifs is 10. The number of nitrogens with zero attached hydrogens (tertiary/aromatic N) is 4. The maximum atomic E-state index is 10.9. The van der Waals surface area contributed by atoms with Crippen LogP contribution >= 0.6 is 0 Å². The quantitative estimate of drug-likeness (QED) is 0.175. The third kappa shape index (κ3) is 5.74. The molecule has 12 rings (SSSR count). The van der Waals surface area contributed by atoms with Crippen LogP contribution in [0.4, 0.5) is 0 Å². The second kappa shape index (κ2) is 14.2. The van der Waals surface area contributed by atoms with E-state index in [2.05, 4.69) is 138 Å². The van der Waals surface area contributed by atoms with Gasteiger partial charge >= 0.3 is 0 Å². The van der Waals surface area contributed by atoms with E-state index in [4.69, 9.17) is 14.4 Å². The Labute approximate surface area is 365 Å². The zero-order valence-corrected chi connectivity index (χ0v) is 35.4. The van der Waals surface area contributed by atoms with Crippen LogP contribution in [0, 0.1) is 19.9 Å². The smallest absolute Gasteiger partial charge is 0.136 e. The van der Waals surface area contributed by atoms with Gasteiger partial charge in [0.25, 0.3) is 0 Å². The molecule has 0 saturated heterocycles. The van der Waals surface area contributed by atoms with Crippen LogP contribution in [-0.2, 0) is 21.1 Å². The summed E-state index contributed by atoms with van der Waals surface area (Å²) in [6.45, 7) is 4.26. The van der Waals surface area contributed by atoms with Gasteiger partial charge in [0.2, 0.25) is 0 Å². The average Bonchev–Trinajstić information content (AvgIpc) is 3.93. The monoisotopic (exact) mass is 966 g/mol. The summed E-state index contributed by atoms with van der Waals surface area (Å²) in [5, 5.41) is 15.2. The number of furan rings is 1. The maximum Gasteiger partial charge on any atom is 0.136 e. The van der Waals surface area contributed by atoms with Crippen LogP contribution < -0.4 is 0 Å². The van der Waals surface area contributed by atoms with E-state index >= 15 is 0 Å². The zero-order valence-electron chi connectivity index (χ0n) is 33.1. The van der Waals surface area contributed by atoms with Gasteiger partial charge in [-0.1, -0.05) is 60.7 Å². The van der Waals surface area contributed by atoms with E-state index in [-0.39, 0.29) is 26.8 Å². The number of aromatic nitrogens is 4. The third-order valence-electron chi connectivity index (χ3n) is 11.9. The molecule has 5 aromatic heterocycles.